The topological polar surface area (TPSA) is 340 Å². The fourth-order valence-electron chi connectivity index (χ4n) is 4.09. The SMILES string of the molecule is CN(C)CCC(O)(P(=O)(O)O)P(=O)(O)O.CP(=O)(O)C(NC1CCCCCC1)P(=O)(O)O.CP(=O)(O)C(Sc1ccc(Cl)cc1)P(=O)(O)O. The van der Waals surface area contributed by atoms with Crippen LogP contribution in [0, 0.1) is 0 Å². The minimum atomic E-state index is -5.30. The molecule has 0 amide bonds. The molecule has 4 atom stereocenters. The first-order chi connectivity index (χ1) is 21.7. The Morgan fingerprint density at radius 2 is 1.20 bits per heavy atom. The van der Waals surface area contributed by atoms with Crippen molar-refractivity contribution in [3.63, 3.8) is 0 Å². The molecule has 49 heavy (non-hydrogen) atoms. The van der Waals surface area contributed by atoms with E-state index in [1.54, 1.807) is 26.2 Å². The Labute approximate surface area is 293 Å². The summed E-state index contributed by atoms with van der Waals surface area (Å²) in [5.74, 6) is 0. The molecule has 27 heteroatoms. The Bertz CT molecular complexity index is 1390. The lowest BCUT2D eigenvalue weighted by atomic mass is 10.1. The van der Waals surface area contributed by atoms with Gasteiger partial charge in [-0.1, -0.05) is 49.0 Å². The van der Waals surface area contributed by atoms with Gasteiger partial charge in [0.05, 0.1) is 0 Å². The Balaban J connectivity index is 0.000000708. The average Bonchev–Trinajstić information content (AvgIpc) is 3.15. The van der Waals surface area contributed by atoms with Crippen molar-refractivity contribution in [2.24, 2.45) is 0 Å². The van der Waals surface area contributed by atoms with E-state index < -0.39 is 66.9 Å². The van der Waals surface area contributed by atoms with Crippen LogP contribution in [-0.4, -0.2) is 114 Å². The molecule has 0 aliphatic heterocycles. The van der Waals surface area contributed by atoms with Crippen LogP contribution in [0.4, 0.5) is 0 Å². The van der Waals surface area contributed by atoms with Gasteiger partial charge in [-0.05, 0) is 51.2 Å². The van der Waals surface area contributed by atoms with E-state index >= 15 is 0 Å². The largest absolute Gasteiger partial charge is 0.369 e. The van der Waals surface area contributed by atoms with E-state index in [2.05, 4.69) is 5.32 Å². The molecule has 0 spiro atoms. The van der Waals surface area contributed by atoms with Gasteiger partial charge in [-0.2, -0.15) is 0 Å². The van der Waals surface area contributed by atoms with Gasteiger partial charge >= 0.3 is 30.4 Å². The van der Waals surface area contributed by atoms with Gasteiger partial charge < -0.3 is 58.9 Å². The van der Waals surface area contributed by atoms with Crippen molar-refractivity contribution in [3.8, 4) is 0 Å². The second-order valence-corrected chi connectivity index (χ2v) is 26.9. The molecule has 0 aromatic heterocycles. The molecular formula is C22H47ClN2O17P6S. The first kappa shape index (κ1) is 49.7. The van der Waals surface area contributed by atoms with Crippen molar-refractivity contribution in [1.82, 2.24) is 10.2 Å². The smallest absolute Gasteiger partial charge is 0.367 e. The van der Waals surface area contributed by atoms with E-state index in [0.29, 0.717) is 21.7 Å². The summed E-state index contributed by atoms with van der Waals surface area (Å²) in [6.45, 7) is 1.85. The van der Waals surface area contributed by atoms with Crippen molar-refractivity contribution in [1.29, 1.82) is 0 Å². The number of thioether (sulfide) groups is 1. The predicted octanol–water partition coefficient (Wildman–Crippen LogP) is 3.39. The van der Waals surface area contributed by atoms with Crippen LogP contribution in [0.15, 0.2) is 29.2 Å². The lowest BCUT2D eigenvalue weighted by Crippen LogP contribution is -2.37. The number of halogens is 1. The number of benzene rings is 1. The number of aliphatic hydroxyl groups is 1. The second-order valence-electron chi connectivity index (χ2n) is 11.6. The highest BCUT2D eigenvalue weighted by Crippen LogP contribution is 2.69. The number of hydrogen-bond donors (Lipinski definition) is 12. The highest BCUT2D eigenvalue weighted by molar-refractivity contribution is 8.12. The first-order valence-electron chi connectivity index (χ1n) is 14.1. The summed E-state index contributed by atoms with van der Waals surface area (Å²) < 4.78 is 65.4. The zero-order chi connectivity index (χ0) is 38.9. The van der Waals surface area contributed by atoms with Crippen LogP contribution in [-0.2, 0) is 27.4 Å². The van der Waals surface area contributed by atoms with E-state index in [1.165, 1.54) is 17.0 Å². The lowest BCUT2D eigenvalue weighted by molar-refractivity contribution is 0.115. The van der Waals surface area contributed by atoms with Crippen molar-refractivity contribution in [2.75, 3.05) is 34.0 Å². The minimum Gasteiger partial charge on any atom is -0.367 e. The van der Waals surface area contributed by atoms with Crippen LogP contribution >= 0.6 is 68.5 Å². The summed E-state index contributed by atoms with van der Waals surface area (Å²) in [6.07, 6.45) is 5.10. The highest BCUT2D eigenvalue weighted by Gasteiger charge is 2.58. The first-order valence-corrected chi connectivity index (χ1v) is 26.3. The Morgan fingerprint density at radius 1 is 0.776 bits per heavy atom. The molecule has 0 bridgehead atoms. The van der Waals surface area contributed by atoms with Crippen molar-refractivity contribution in [3.05, 3.63) is 29.3 Å². The number of nitrogens with one attached hydrogen (secondary N) is 1. The number of rotatable bonds is 13. The summed E-state index contributed by atoms with van der Waals surface area (Å²) >= 11 is 6.34. The maximum Gasteiger partial charge on any atom is 0.369 e. The number of hydrogen-bond acceptors (Lipinski definition) is 10. The molecule has 1 fully saturated rings. The summed E-state index contributed by atoms with van der Waals surface area (Å²) in [6, 6.07) is 6.07. The van der Waals surface area contributed by atoms with Crippen molar-refractivity contribution in [2.45, 2.75) is 71.2 Å². The Kier molecular flexibility index (Phi) is 20.2. The van der Waals surface area contributed by atoms with E-state index in [0.717, 1.165) is 51.9 Å². The maximum atomic E-state index is 11.5. The molecule has 1 aliphatic rings. The van der Waals surface area contributed by atoms with Crippen LogP contribution in [0.1, 0.15) is 44.9 Å². The van der Waals surface area contributed by atoms with Crippen LogP contribution in [0.25, 0.3) is 0 Å². The second kappa shape index (κ2) is 19.9. The van der Waals surface area contributed by atoms with Crippen molar-refractivity contribution < 1.29 is 81.4 Å². The Morgan fingerprint density at radius 3 is 1.51 bits per heavy atom. The summed E-state index contributed by atoms with van der Waals surface area (Å²) in [4.78, 5) is 92.0. The van der Waals surface area contributed by atoms with E-state index in [4.69, 9.17) is 50.7 Å². The third-order valence-corrected chi connectivity index (χ3v) is 21.7. The standard InChI is InChI=1S/C9H21NO5P2.C8H11ClO5P2S.C5H15NO7P2/c1-16(11,12)9(17(13,14)15)10-8-6-4-2-3-5-7-8;1-15(10,11)8(16(12,13)14)17-7-4-2-6(9)3-5-7;1-6(2)4-3-5(7,14(8,9)10)15(11,12)13/h8-10H,2-7H2,1H3,(H,11,12)(H2,13,14,15);2-5,8H,1H3,(H,10,11)(H2,12,13,14);7H,3-4H2,1-2H3,(H2,8,9,10)(H2,11,12,13). The van der Waals surface area contributed by atoms with Crippen LogP contribution in [0.3, 0.4) is 0 Å². The molecule has 19 nitrogen and oxygen atoms in total. The highest BCUT2D eigenvalue weighted by atomic mass is 35.5. The fraction of sp³-hybridized carbons (Fsp3) is 0.727. The molecule has 1 saturated carbocycles. The van der Waals surface area contributed by atoms with Crippen LogP contribution in [0.5, 0.6) is 0 Å². The van der Waals surface area contributed by atoms with Gasteiger partial charge in [0.15, 0.2) is 10.3 Å². The summed E-state index contributed by atoms with van der Waals surface area (Å²) in [7, 11) is -24.5. The Hall–Kier alpha value is 0.720. The molecule has 290 valence electrons. The van der Waals surface area contributed by atoms with Crippen molar-refractivity contribution >= 4 is 68.5 Å². The average molecular weight is 865 g/mol. The summed E-state index contributed by atoms with van der Waals surface area (Å²) in [5, 5.41) is 9.26. The summed E-state index contributed by atoms with van der Waals surface area (Å²) in [5.41, 5.74) is -1.63. The molecule has 1 aromatic rings. The minimum absolute atomic E-state index is 0.0628. The van der Waals surface area contributed by atoms with Crippen LogP contribution < -0.4 is 5.32 Å². The van der Waals surface area contributed by atoms with Gasteiger partial charge in [0.25, 0.3) is 5.08 Å². The van der Waals surface area contributed by atoms with Gasteiger partial charge in [0, 0.05) is 42.3 Å². The van der Waals surface area contributed by atoms with E-state index in [9.17, 15) is 42.3 Å². The van der Waals surface area contributed by atoms with Gasteiger partial charge in [0.1, 0.15) is 0 Å². The van der Waals surface area contributed by atoms with Gasteiger partial charge in [-0.15, -0.1) is 0 Å². The number of nitrogens with zero attached hydrogens (tertiary/aromatic N) is 1. The maximum absolute atomic E-state index is 11.5. The molecule has 1 aromatic carbocycles. The molecule has 0 heterocycles. The van der Waals surface area contributed by atoms with Gasteiger partial charge in [0.2, 0.25) is 14.7 Å². The molecule has 4 unspecified atom stereocenters. The van der Waals surface area contributed by atoms with E-state index in [-0.39, 0.29) is 12.6 Å². The normalized spacial score (nSPS) is 19.2. The van der Waals surface area contributed by atoms with Gasteiger partial charge in [-0.3, -0.25) is 32.7 Å². The zero-order valence-electron chi connectivity index (χ0n) is 27.0. The van der Waals surface area contributed by atoms with Crippen LogP contribution in [0.2, 0.25) is 5.02 Å². The van der Waals surface area contributed by atoms with E-state index in [1.807, 2.05) is 0 Å². The molecule has 2 rings (SSSR count). The molecular weight excluding hydrogens is 818 g/mol. The lowest BCUT2D eigenvalue weighted by Gasteiger charge is -2.30. The quantitative estimate of drug-likeness (QED) is 0.0768. The van der Waals surface area contributed by atoms with Gasteiger partial charge in [-0.25, -0.2) is 0 Å². The third kappa shape index (κ3) is 18.5. The third-order valence-electron chi connectivity index (χ3n) is 6.59. The predicted molar refractivity (Wildman–Crippen MR) is 187 cm³/mol. The molecule has 1 aliphatic carbocycles. The monoisotopic (exact) mass is 864 g/mol. The molecule has 0 radical (unpaired) electrons. The molecule has 12 N–H and O–H groups in total. The fourth-order valence-corrected chi connectivity index (χ4v) is 14.3. The molecule has 0 saturated heterocycles. The zero-order valence-corrected chi connectivity index (χ0v) is 33.9.